The first-order chi connectivity index (χ1) is 18.1. The first-order valence-corrected chi connectivity index (χ1v) is 16.7. The molecule has 3 unspecified atom stereocenters. The van der Waals surface area contributed by atoms with Crippen LogP contribution in [-0.2, 0) is 0 Å². The summed E-state index contributed by atoms with van der Waals surface area (Å²) in [4.78, 5) is 0. The van der Waals surface area contributed by atoms with E-state index < -0.39 is 0 Å². The lowest BCUT2D eigenvalue weighted by Crippen LogP contribution is -2.17. The summed E-state index contributed by atoms with van der Waals surface area (Å²) >= 11 is 0. The summed E-state index contributed by atoms with van der Waals surface area (Å²) in [5.41, 5.74) is 0. The monoisotopic (exact) mass is 525 g/mol. The van der Waals surface area contributed by atoms with Gasteiger partial charge in [0.05, 0.1) is 12.2 Å². The molecule has 0 amide bonds. The van der Waals surface area contributed by atoms with Crippen molar-refractivity contribution in [2.24, 2.45) is 5.92 Å². The highest BCUT2D eigenvalue weighted by atomic mass is 16.3. The molecule has 3 atom stereocenters. The third-order valence-electron chi connectivity index (χ3n) is 7.94. The quantitative estimate of drug-likeness (QED) is 0.0647. The molecule has 0 aliphatic rings. The largest absolute Gasteiger partial charge is 0.396 e. The Morgan fingerprint density at radius 2 is 0.919 bits per heavy atom. The van der Waals surface area contributed by atoms with Crippen LogP contribution in [0.2, 0.25) is 0 Å². The maximum atomic E-state index is 10.2. The minimum absolute atomic E-state index is 0.299. The van der Waals surface area contributed by atoms with E-state index in [9.17, 15) is 10.2 Å². The lowest BCUT2D eigenvalue weighted by atomic mass is 9.97. The highest BCUT2D eigenvalue weighted by Crippen LogP contribution is 2.18. The average Bonchev–Trinajstić information content (AvgIpc) is 2.88. The number of rotatable bonds is 30. The van der Waals surface area contributed by atoms with Crippen LogP contribution in [0, 0.1) is 5.92 Å². The second-order valence-corrected chi connectivity index (χ2v) is 11.9. The Bertz CT molecular complexity index is 450. The van der Waals surface area contributed by atoms with E-state index in [1.54, 1.807) is 0 Å². The molecule has 0 aliphatic carbocycles. The van der Waals surface area contributed by atoms with E-state index >= 15 is 0 Å². The van der Waals surface area contributed by atoms with Crippen molar-refractivity contribution in [1.29, 1.82) is 0 Å². The van der Waals surface area contributed by atoms with Crippen molar-refractivity contribution >= 4 is 0 Å². The fraction of sp³-hybridized carbons (Fsp3) is 0.941. The Morgan fingerprint density at radius 1 is 0.486 bits per heavy atom. The molecule has 0 bridgehead atoms. The summed E-state index contributed by atoms with van der Waals surface area (Å²) in [6.07, 6.45) is 35.5. The number of aliphatic hydroxyl groups is 3. The third kappa shape index (κ3) is 30.0. The van der Waals surface area contributed by atoms with E-state index in [0.29, 0.717) is 13.0 Å². The minimum atomic E-state index is -0.352. The zero-order chi connectivity index (χ0) is 27.2. The zero-order valence-corrected chi connectivity index (χ0v) is 25.3. The molecule has 0 saturated carbocycles. The van der Waals surface area contributed by atoms with Gasteiger partial charge in [-0.25, -0.2) is 0 Å². The maximum absolute atomic E-state index is 10.2. The fourth-order valence-electron chi connectivity index (χ4n) is 5.31. The molecule has 0 rings (SSSR count). The van der Waals surface area contributed by atoms with Crippen LogP contribution in [0.4, 0.5) is 0 Å². The smallest absolute Gasteiger partial charge is 0.0564 e. The maximum Gasteiger partial charge on any atom is 0.0564 e. The molecule has 3 heteroatoms. The molecule has 0 saturated heterocycles. The van der Waals surface area contributed by atoms with Crippen LogP contribution >= 0.6 is 0 Å². The van der Waals surface area contributed by atoms with Crippen LogP contribution in [0.1, 0.15) is 181 Å². The topological polar surface area (TPSA) is 60.7 Å². The van der Waals surface area contributed by atoms with Crippen LogP contribution in [0.25, 0.3) is 0 Å². The second-order valence-electron chi connectivity index (χ2n) is 11.9. The second kappa shape index (κ2) is 30.2. The number of allylic oxidation sites excluding steroid dienone is 2. The molecule has 0 aromatic carbocycles. The summed E-state index contributed by atoms with van der Waals surface area (Å²) in [7, 11) is 0. The average molecular weight is 525 g/mol. The molecule has 37 heavy (non-hydrogen) atoms. The van der Waals surface area contributed by atoms with Gasteiger partial charge < -0.3 is 15.3 Å². The summed E-state index contributed by atoms with van der Waals surface area (Å²) in [6.45, 7) is 5.01. The van der Waals surface area contributed by atoms with Gasteiger partial charge in [-0.2, -0.15) is 0 Å². The van der Waals surface area contributed by atoms with E-state index in [0.717, 1.165) is 50.9 Å². The SMILES string of the molecule is CCCCCCCCC(C)CC/C=C/CCCCCCCCCC(O)CC(O)CCCCCCCCO. The standard InChI is InChI=1S/C34H68O3/c1-3-4-5-6-16-21-26-32(2)27-22-17-12-10-8-7-9-11-13-18-23-28-33(36)31-34(37)29-24-19-14-15-20-25-30-35/h12,17,32-37H,3-11,13-16,18-31H2,1-2H3/b17-12+. The highest BCUT2D eigenvalue weighted by Gasteiger charge is 2.11. The number of hydrogen-bond acceptors (Lipinski definition) is 3. The number of unbranched alkanes of at least 4 members (excludes halogenated alkanes) is 17. The predicted octanol–water partition coefficient (Wildman–Crippen LogP) is 10.1. The highest BCUT2D eigenvalue weighted by molar-refractivity contribution is 4.82. The van der Waals surface area contributed by atoms with Gasteiger partial charge in [-0.1, -0.05) is 142 Å². The Hall–Kier alpha value is -0.380. The van der Waals surface area contributed by atoms with Crippen molar-refractivity contribution in [3.8, 4) is 0 Å². The first-order valence-electron chi connectivity index (χ1n) is 16.7. The van der Waals surface area contributed by atoms with E-state index in [1.807, 2.05) is 0 Å². The van der Waals surface area contributed by atoms with E-state index in [4.69, 9.17) is 5.11 Å². The summed E-state index contributed by atoms with van der Waals surface area (Å²) in [5.74, 6) is 0.880. The van der Waals surface area contributed by atoms with Crippen molar-refractivity contribution in [3.05, 3.63) is 12.2 Å². The molecule has 0 aliphatic heterocycles. The number of hydrogen-bond donors (Lipinski definition) is 3. The van der Waals surface area contributed by atoms with Crippen molar-refractivity contribution in [2.45, 2.75) is 193 Å². The molecule has 0 aromatic rings. The van der Waals surface area contributed by atoms with Crippen molar-refractivity contribution in [1.82, 2.24) is 0 Å². The third-order valence-corrected chi connectivity index (χ3v) is 7.94. The fourth-order valence-corrected chi connectivity index (χ4v) is 5.31. The van der Waals surface area contributed by atoms with E-state index in [1.165, 1.54) is 116 Å². The first kappa shape index (κ1) is 36.6. The Kier molecular flexibility index (Phi) is 29.9. The Morgan fingerprint density at radius 3 is 1.46 bits per heavy atom. The van der Waals surface area contributed by atoms with Crippen molar-refractivity contribution < 1.29 is 15.3 Å². The van der Waals surface area contributed by atoms with Crippen LogP contribution < -0.4 is 0 Å². The number of aliphatic hydroxyl groups excluding tert-OH is 3. The molecule has 222 valence electrons. The van der Waals surface area contributed by atoms with Crippen LogP contribution in [-0.4, -0.2) is 34.1 Å². The Balaban J connectivity index is 3.37. The van der Waals surface area contributed by atoms with Gasteiger partial charge in [0.25, 0.3) is 0 Å². The van der Waals surface area contributed by atoms with Gasteiger partial charge >= 0.3 is 0 Å². The molecule has 0 radical (unpaired) electrons. The molecule has 0 fully saturated rings. The lowest BCUT2D eigenvalue weighted by molar-refractivity contribution is 0.0680. The molecule has 0 heterocycles. The van der Waals surface area contributed by atoms with Gasteiger partial charge in [0.1, 0.15) is 0 Å². The van der Waals surface area contributed by atoms with Gasteiger partial charge in [-0.15, -0.1) is 0 Å². The molecule has 3 nitrogen and oxygen atoms in total. The predicted molar refractivity (Wildman–Crippen MR) is 163 cm³/mol. The van der Waals surface area contributed by atoms with Gasteiger partial charge in [-0.3, -0.25) is 0 Å². The lowest BCUT2D eigenvalue weighted by Gasteiger charge is -2.15. The van der Waals surface area contributed by atoms with Crippen LogP contribution in [0.5, 0.6) is 0 Å². The van der Waals surface area contributed by atoms with Gasteiger partial charge in [-0.05, 0) is 57.3 Å². The Labute approximate surface area is 232 Å². The van der Waals surface area contributed by atoms with E-state index in [-0.39, 0.29) is 12.2 Å². The zero-order valence-electron chi connectivity index (χ0n) is 25.3. The normalized spacial score (nSPS) is 14.4. The van der Waals surface area contributed by atoms with Gasteiger partial charge in [0, 0.05) is 6.61 Å². The molecular formula is C34H68O3. The summed E-state index contributed by atoms with van der Waals surface area (Å²) in [5, 5.41) is 29.1. The molecular weight excluding hydrogens is 456 g/mol. The summed E-state index contributed by atoms with van der Waals surface area (Å²) in [6, 6.07) is 0. The van der Waals surface area contributed by atoms with Gasteiger partial charge in [0.15, 0.2) is 0 Å². The molecule has 0 aromatic heterocycles. The van der Waals surface area contributed by atoms with Crippen LogP contribution in [0.15, 0.2) is 12.2 Å². The van der Waals surface area contributed by atoms with Gasteiger partial charge in [0.2, 0.25) is 0 Å². The van der Waals surface area contributed by atoms with E-state index in [2.05, 4.69) is 26.0 Å². The van der Waals surface area contributed by atoms with Crippen LogP contribution in [0.3, 0.4) is 0 Å². The minimum Gasteiger partial charge on any atom is -0.396 e. The molecule has 3 N–H and O–H groups in total. The van der Waals surface area contributed by atoms with Crippen molar-refractivity contribution in [3.63, 3.8) is 0 Å². The summed E-state index contributed by atoms with van der Waals surface area (Å²) < 4.78 is 0. The van der Waals surface area contributed by atoms with Crippen molar-refractivity contribution in [2.75, 3.05) is 6.61 Å². The molecule has 0 spiro atoms.